The molecule has 4 N–H and O–H groups in total. The van der Waals surface area contributed by atoms with E-state index in [0.29, 0.717) is 34.0 Å². The van der Waals surface area contributed by atoms with E-state index in [-0.39, 0.29) is 26.7 Å². The second kappa shape index (κ2) is 29.2. The van der Waals surface area contributed by atoms with Crippen molar-refractivity contribution in [2.24, 2.45) is 11.8 Å². The van der Waals surface area contributed by atoms with Crippen molar-refractivity contribution in [2.45, 2.75) is 73.6 Å². The number of carbonyl (C=O) groups excluding carboxylic acids is 3. The number of carbonyl (C=O) groups is 3. The number of pyridine rings is 1. The fourth-order valence-electron chi connectivity index (χ4n) is 6.83. The van der Waals surface area contributed by atoms with Crippen LogP contribution in [0.25, 0.3) is 10.9 Å². The Bertz CT molecular complexity index is 2500. The summed E-state index contributed by atoms with van der Waals surface area (Å²) in [6, 6.07) is 25.4. The molecule has 3 fully saturated rings. The molecule has 2 aliphatic carbocycles. The third-order valence-corrected chi connectivity index (χ3v) is 11.0. The van der Waals surface area contributed by atoms with Crippen LogP contribution in [0.3, 0.4) is 0 Å². The summed E-state index contributed by atoms with van der Waals surface area (Å²) < 4.78 is 20.5. The molecule has 70 heavy (non-hydrogen) atoms. The maximum absolute atomic E-state index is 12.6. The molecule has 3 aliphatic rings. The maximum atomic E-state index is 12.6. The lowest BCUT2D eigenvalue weighted by Gasteiger charge is -2.11. The second-order valence-electron chi connectivity index (χ2n) is 18.1. The van der Waals surface area contributed by atoms with Crippen molar-refractivity contribution in [1.82, 2.24) is 9.88 Å². The van der Waals surface area contributed by atoms with Crippen LogP contribution < -0.4 is 25.8 Å². The van der Waals surface area contributed by atoms with E-state index >= 15 is 0 Å². The summed E-state index contributed by atoms with van der Waals surface area (Å²) in [6.45, 7) is 7.31. The minimum Gasteiger partial charge on any atom is -0.493 e. The molecule has 4 aromatic carbocycles. The number of benzene rings is 4. The van der Waals surface area contributed by atoms with E-state index in [0.717, 1.165) is 77.8 Å². The quantitative estimate of drug-likeness (QED) is 0.0428. The predicted molar refractivity (Wildman–Crippen MR) is 289 cm³/mol. The lowest BCUT2D eigenvalue weighted by molar-refractivity contribution is -0.462. The first kappa shape index (κ1) is 57.5. The van der Waals surface area contributed by atoms with E-state index in [2.05, 4.69) is 34.2 Å². The Balaban J connectivity index is 0.000000270. The topological polar surface area (TPSA) is 151 Å². The van der Waals surface area contributed by atoms with Gasteiger partial charge in [-0.1, -0.05) is 27.0 Å². The Morgan fingerprint density at radius 2 is 1.23 bits per heavy atom. The van der Waals surface area contributed by atoms with Gasteiger partial charge in [0.25, 0.3) is 11.8 Å². The van der Waals surface area contributed by atoms with Gasteiger partial charge in [-0.3, -0.25) is 19.4 Å². The number of nitrogens with one attached hydrogen (secondary N) is 2. The van der Waals surface area contributed by atoms with Crippen molar-refractivity contribution in [2.75, 3.05) is 85.1 Å². The van der Waals surface area contributed by atoms with Gasteiger partial charge < -0.3 is 35.5 Å². The molecular weight excluding hydrogens is 879 g/mol. The third kappa shape index (κ3) is 20.0. The Morgan fingerprint density at radius 3 is 1.64 bits per heavy atom. The molecular formula is C57H79N7O6+2. The highest BCUT2D eigenvalue weighted by atomic mass is 16.5. The minimum atomic E-state index is -0.185. The van der Waals surface area contributed by atoms with Gasteiger partial charge in [0.1, 0.15) is 45.3 Å². The number of aldehydes is 1. The molecule has 376 valence electrons. The smallest absolute Gasteiger partial charge is 0.255 e. The molecule has 0 spiro atoms. The zero-order valence-electron chi connectivity index (χ0n) is 41.2. The molecule has 2 saturated carbocycles. The monoisotopic (exact) mass is 958 g/mol. The van der Waals surface area contributed by atoms with E-state index < -0.39 is 0 Å². The largest absolute Gasteiger partial charge is 0.493 e. The average molecular weight is 958 g/mol. The fourth-order valence-corrected chi connectivity index (χ4v) is 6.83. The van der Waals surface area contributed by atoms with Crippen molar-refractivity contribution in [3.63, 3.8) is 0 Å². The second-order valence-corrected chi connectivity index (χ2v) is 18.1. The summed E-state index contributed by atoms with van der Waals surface area (Å²) in [7, 11) is 12.1. The highest BCUT2D eigenvalue weighted by Crippen LogP contribution is 2.31. The molecule has 1 saturated heterocycles. The van der Waals surface area contributed by atoms with Crippen LogP contribution in [0.1, 0.15) is 102 Å². The van der Waals surface area contributed by atoms with E-state index in [1.165, 1.54) is 56.7 Å². The number of hydrogen-bond donors (Lipinski definition) is 3. The van der Waals surface area contributed by atoms with Crippen LogP contribution >= 0.6 is 0 Å². The van der Waals surface area contributed by atoms with Gasteiger partial charge in [0.2, 0.25) is 0 Å². The summed E-state index contributed by atoms with van der Waals surface area (Å²) >= 11 is 0. The Hall–Kier alpha value is -6.86. The molecule has 1 aromatic heterocycles. The van der Waals surface area contributed by atoms with Gasteiger partial charge in [0.15, 0.2) is 18.7 Å². The van der Waals surface area contributed by atoms with E-state index in [9.17, 15) is 14.4 Å². The van der Waals surface area contributed by atoms with E-state index in [1.807, 2.05) is 125 Å². The zero-order chi connectivity index (χ0) is 49.0. The summed E-state index contributed by atoms with van der Waals surface area (Å²) in [6.07, 6.45) is 17.5. The van der Waals surface area contributed by atoms with Crippen LogP contribution in [-0.4, -0.2) is 118 Å². The number of fused-ring (bicyclic) bond motifs is 1. The highest BCUT2D eigenvalue weighted by Gasteiger charge is 2.23. The summed E-state index contributed by atoms with van der Waals surface area (Å²) in [5, 5.41) is 6.69. The number of aryl methyl sites for hydroxylation is 1. The first-order chi connectivity index (χ1) is 32.7. The van der Waals surface area contributed by atoms with Crippen LogP contribution in [-0.2, 0) is 4.74 Å². The molecule has 5 aromatic rings. The van der Waals surface area contributed by atoms with Crippen LogP contribution in [0, 0.1) is 25.7 Å². The average Bonchev–Trinajstić information content (AvgIpc) is 4.28. The van der Waals surface area contributed by atoms with Crippen molar-refractivity contribution in [1.29, 1.82) is 0 Å². The molecule has 2 amide bonds. The summed E-state index contributed by atoms with van der Waals surface area (Å²) in [4.78, 5) is 42.1. The Labute approximate surface area is 417 Å². The van der Waals surface area contributed by atoms with Gasteiger partial charge in [-0.05, 0) is 155 Å². The van der Waals surface area contributed by atoms with Gasteiger partial charge >= 0.3 is 0 Å². The predicted octanol–water partition coefficient (Wildman–Crippen LogP) is 10.6. The summed E-state index contributed by atoms with van der Waals surface area (Å²) in [5.41, 5.74) is 13.3. The number of ether oxygens (including phenoxy) is 3. The number of aromatic nitrogens is 1. The van der Waals surface area contributed by atoms with Crippen LogP contribution in [0.2, 0.25) is 0 Å². The first-order valence-electron chi connectivity index (χ1n) is 23.5. The van der Waals surface area contributed by atoms with Crippen LogP contribution in [0.5, 0.6) is 11.5 Å². The zero-order valence-corrected chi connectivity index (χ0v) is 41.2. The van der Waals surface area contributed by atoms with Crippen LogP contribution in [0.4, 0.5) is 17.1 Å². The number of nitrogens with zero attached hydrogens (tertiary/aromatic N) is 4. The van der Waals surface area contributed by atoms with Crippen molar-refractivity contribution in [3.8, 4) is 11.5 Å². The van der Waals surface area contributed by atoms with Crippen molar-refractivity contribution in [3.05, 3.63) is 131 Å². The number of nitrogen functional groups attached to an aromatic ring is 1. The molecule has 13 heteroatoms. The number of hydrogen-bond acceptors (Lipinski definition) is 9. The normalized spacial score (nSPS) is 13.1. The van der Waals surface area contributed by atoms with Crippen molar-refractivity contribution < 1.29 is 37.7 Å². The first-order valence-corrected chi connectivity index (χ1v) is 23.5. The molecule has 1 aliphatic heterocycles. The number of anilines is 3. The minimum absolute atomic E-state index is 0. The number of nitrogens with two attached hydrogens (primary N) is 1. The van der Waals surface area contributed by atoms with Gasteiger partial charge in [0, 0.05) is 78.8 Å². The molecule has 0 radical (unpaired) electrons. The molecule has 0 atom stereocenters. The lowest BCUT2D eigenvalue weighted by atomic mass is 10.1. The molecule has 0 bridgehead atoms. The number of allylic oxidation sites excluding steroid dienone is 1. The fraction of sp³-hybridized carbons (Fsp3) is 0.404. The van der Waals surface area contributed by atoms with Gasteiger partial charge in [0.05, 0.1) is 18.7 Å². The number of amides is 2. The highest BCUT2D eigenvalue weighted by molar-refractivity contribution is 6.06. The third-order valence-electron chi connectivity index (χ3n) is 11.0. The number of rotatable bonds is 14. The van der Waals surface area contributed by atoms with Gasteiger partial charge in [-0.2, -0.15) is 0 Å². The van der Waals surface area contributed by atoms with Crippen LogP contribution in [0.15, 0.2) is 103 Å². The Morgan fingerprint density at radius 1 is 0.729 bits per heavy atom. The van der Waals surface area contributed by atoms with E-state index in [1.54, 1.807) is 30.3 Å². The van der Waals surface area contributed by atoms with Crippen molar-refractivity contribution >= 4 is 58.5 Å². The molecule has 0 unspecified atom stereocenters. The Kier molecular flexibility index (Phi) is 24.0. The van der Waals surface area contributed by atoms with Gasteiger partial charge in [-0.15, -0.1) is 0 Å². The molecule has 8 rings (SSSR count). The maximum Gasteiger partial charge on any atom is 0.255 e. The molecule has 13 nitrogen and oxygen atoms in total. The SMILES string of the molecule is C.C.C1CCOCC1.CN(C)C=C(C=[N+](C)C)C=[N+](C)C.Cc1c(N)cccc1NC(=O)c1ccc(OCC2CC2)cc1.Cc1c(NC(=O)c2ccc(OCC3CC3)cc2)ccc2cc(C=O)cnc12. The van der Waals surface area contributed by atoms with Gasteiger partial charge in [-0.25, -0.2) is 9.15 Å². The summed E-state index contributed by atoms with van der Waals surface area (Å²) in [5.74, 6) is 2.67. The lowest BCUT2D eigenvalue weighted by Crippen LogP contribution is -2.13. The molecule has 2 heterocycles. The van der Waals surface area contributed by atoms with E-state index in [4.69, 9.17) is 19.9 Å². The standard InChI is InChI=1S/C22H20N2O3.C18H20N2O2.C10H21N3.C5H10O.2CH4/c1-14-20(9-6-18-10-16(12-25)11-23-21(14)18)24-22(26)17-4-7-19(8-5-17)27-13-15-2-3-15;1-12-16(19)3-2-4-17(12)20-18(21)14-7-9-15(10-8-14)22-11-13-5-6-13;1-11(2)7-10(8-12(3)4)9-13(5)6;1-2-4-6-5-3-1;;/h4-12,15H,2-3,13H2,1H3,(H,24,26);2-4,7-10,13H,5-6,11,19H2,1H3,(H,20,21);7-9H,1-6H3;1-5H2;2*1H4/q;;+2;;;.